The molecule has 6 rings (SSSR count). The maximum Gasteiger partial charge on any atom is 0.0105 e. The van der Waals surface area contributed by atoms with Crippen molar-refractivity contribution >= 4 is 7.53 Å². The topological polar surface area (TPSA) is 0 Å². The lowest BCUT2D eigenvalue weighted by Crippen LogP contribution is -2.23. The molecule has 1 heteroatoms. The molecule has 196 valence electrons. The highest BCUT2D eigenvalue weighted by molar-refractivity contribution is 7.57. The Morgan fingerprint density at radius 2 is 0.923 bits per heavy atom. The second-order valence-electron chi connectivity index (χ2n) is 11.7. The van der Waals surface area contributed by atoms with Gasteiger partial charge in [0.05, 0.1) is 0 Å². The highest BCUT2D eigenvalue weighted by Gasteiger charge is 2.38. The molecular weight excluding hydrogens is 487 g/mol. The van der Waals surface area contributed by atoms with E-state index in [1.54, 1.807) is 10.6 Å². The van der Waals surface area contributed by atoms with E-state index in [4.69, 9.17) is 0 Å². The number of hydrogen-bond acceptors (Lipinski definition) is 0. The van der Waals surface area contributed by atoms with Crippen LogP contribution in [0.25, 0.3) is 44.0 Å². The van der Waals surface area contributed by atoms with Gasteiger partial charge < -0.3 is 0 Å². The normalized spacial score (nSPS) is 19.3. The van der Waals surface area contributed by atoms with Crippen molar-refractivity contribution in [3.05, 3.63) is 121 Å². The van der Waals surface area contributed by atoms with E-state index in [1.807, 2.05) is 0 Å². The summed E-state index contributed by atoms with van der Waals surface area (Å²) >= 11 is 0. The monoisotopic (exact) mass is 526 g/mol. The minimum absolute atomic E-state index is 0.608. The third-order valence-electron chi connectivity index (χ3n) is 8.74. The summed E-state index contributed by atoms with van der Waals surface area (Å²) in [5, 5.41) is 3.17. The average molecular weight is 527 g/mol. The third kappa shape index (κ3) is 5.04. The van der Waals surface area contributed by atoms with E-state index in [2.05, 4.69) is 142 Å². The highest BCUT2D eigenvalue weighted by Crippen LogP contribution is 2.70. The average Bonchev–Trinajstić information content (AvgIpc) is 3.35. The van der Waals surface area contributed by atoms with Crippen LogP contribution in [0.3, 0.4) is 0 Å². The Balaban J connectivity index is 1.81. The van der Waals surface area contributed by atoms with Crippen LogP contribution in [0.5, 0.6) is 0 Å². The SMILES string of the molecule is CC1CCC(C(C)C)C(p2c(-c3ccccc3)c(-c3ccccc3)c(-c3ccccc3)c2-c2ccccc2)C1. The molecule has 1 aliphatic carbocycles. The molecule has 5 aromatic rings. The summed E-state index contributed by atoms with van der Waals surface area (Å²) in [4.78, 5) is 0. The van der Waals surface area contributed by atoms with E-state index < -0.39 is 7.53 Å². The lowest BCUT2D eigenvalue weighted by Gasteiger charge is -2.39. The zero-order chi connectivity index (χ0) is 26.8. The van der Waals surface area contributed by atoms with Crippen LogP contribution in [-0.4, -0.2) is 0 Å². The predicted octanol–water partition coefficient (Wildman–Crippen LogP) is 12.0. The van der Waals surface area contributed by atoms with Crippen LogP contribution >= 0.6 is 7.53 Å². The molecule has 0 saturated heterocycles. The minimum Gasteiger partial charge on any atom is -0.104 e. The van der Waals surface area contributed by atoms with Crippen LogP contribution in [0.1, 0.15) is 45.7 Å². The number of hydrogen-bond donors (Lipinski definition) is 0. The zero-order valence-electron chi connectivity index (χ0n) is 23.4. The minimum atomic E-state index is -0.608. The van der Waals surface area contributed by atoms with Crippen LogP contribution in [0, 0.1) is 17.8 Å². The quantitative estimate of drug-likeness (QED) is 0.206. The number of rotatable bonds is 6. The molecule has 0 spiro atoms. The summed E-state index contributed by atoms with van der Waals surface area (Å²) in [5.74, 6) is 2.18. The Bertz CT molecular complexity index is 1400. The third-order valence-corrected chi connectivity index (χ3v) is 11.9. The summed E-state index contributed by atoms with van der Waals surface area (Å²) in [6.07, 6.45) is 4.01. The van der Waals surface area contributed by atoms with Crippen LogP contribution < -0.4 is 0 Å². The number of benzene rings is 4. The van der Waals surface area contributed by atoms with Crippen molar-refractivity contribution < 1.29 is 0 Å². The summed E-state index contributed by atoms with van der Waals surface area (Å²) in [6.45, 7) is 7.42. The molecule has 3 atom stereocenters. The molecule has 0 bridgehead atoms. The first-order valence-corrected chi connectivity index (χ1v) is 16.0. The van der Waals surface area contributed by atoms with Gasteiger partial charge in [0.25, 0.3) is 0 Å². The van der Waals surface area contributed by atoms with Crippen molar-refractivity contribution in [2.75, 3.05) is 0 Å². The fourth-order valence-electron chi connectivity index (χ4n) is 6.90. The Labute approximate surface area is 235 Å². The summed E-state index contributed by atoms with van der Waals surface area (Å²) < 4.78 is 0. The summed E-state index contributed by atoms with van der Waals surface area (Å²) in [5.41, 5.74) is 8.99. The van der Waals surface area contributed by atoms with Crippen LogP contribution in [-0.2, 0) is 0 Å². The first-order chi connectivity index (χ1) is 19.1. The van der Waals surface area contributed by atoms with Crippen LogP contribution in [0.2, 0.25) is 0 Å². The second-order valence-corrected chi connectivity index (χ2v) is 14.0. The Morgan fingerprint density at radius 3 is 1.31 bits per heavy atom. The molecule has 1 heterocycles. The second kappa shape index (κ2) is 11.4. The van der Waals surface area contributed by atoms with Crippen molar-refractivity contribution in [3.63, 3.8) is 0 Å². The van der Waals surface area contributed by atoms with E-state index in [0.717, 1.165) is 11.8 Å². The molecule has 1 aliphatic rings. The van der Waals surface area contributed by atoms with Crippen molar-refractivity contribution in [2.24, 2.45) is 17.8 Å². The van der Waals surface area contributed by atoms with Gasteiger partial charge in [-0.05, 0) is 52.8 Å². The van der Waals surface area contributed by atoms with Gasteiger partial charge in [0.1, 0.15) is 0 Å². The maximum atomic E-state index is 2.49. The molecule has 0 N–H and O–H groups in total. The van der Waals surface area contributed by atoms with Gasteiger partial charge in [0.2, 0.25) is 0 Å². The van der Waals surface area contributed by atoms with Gasteiger partial charge >= 0.3 is 0 Å². The smallest absolute Gasteiger partial charge is 0.0105 e. The molecule has 4 aromatic carbocycles. The fourth-order valence-corrected chi connectivity index (χ4v) is 11.1. The van der Waals surface area contributed by atoms with Gasteiger partial charge in [0.15, 0.2) is 0 Å². The van der Waals surface area contributed by atoms with Gasteiger partial charge in [0, 0.05) is 27.4 Å². The van der Waals surface area contributed by atoms with Crippen LogP contribution in [0.4, 0.5) is 0 Å². The van der Waals surface area contributed by atoms with Crippen molar-refractivity contribution in [3.8, 4) is 44.0 Å². The maximum absolute atomic E-state index is 2.49. The predicted molar refractivity (Wildman–Crippen MR) is 171 cm³/mol. The summed E-state index contributed by atoms with van der Waals surface area (Å²) in [6, 6.07) is 45.1. The van der Waals surface area contributed by atoms with E-state index in [0.29, 0.717) is 11.6 Å². The molecule has 39 heavy (non-hydrogen) atoms. The zero-order valence-corrected chi connectivity index (χ0v) is 24.3. The molecule has 1 aromatic heterocycles. The van der Waals surface area contributed by atoms with E-state index in [1.165, 1.54) is 52.6 Å². The van der Waals surface area contributed by atoms with Crippen molar-refractivity contribution in [2.45, 2.75) is 45.7 Å². The fraction of sp³-hybridized carbons (Fsp3) is 0.263. The van der Waals surface area contributed by atoms with E-state index in [9.17, 15) is 0 Å². The van der Waals surface area contributed by atoms with E-state index in [-0.39, 0.29) is 0 Å². The molecule has 0 aliphatic heterocycles. The Morgan fingerprint density at radius 1 is 0.538 bits per heavy atom. The largest absolute Gasteiger partial charge is 0.104 e. The Hall–Kier alpha value is -3.34. The lowest BCUT2D eigenvalue weighted by molar-refractivity contribution is 0.224. The van der Waals surface area contributed by atoms with Gasteiger partial charge in [-0.2, -0.15) is 0 Å². The molecule has 0 nitrogen and oxygen atoms in total. The highest BCUT2D eigenvalue weighted by atomic mass is 31.1. The summed E-state index contributed by atoms with van der Waals surface area (Å²) in [7, 11) is -0.608. The molecule has 3 unspecified atom stereocenters. The first kappa shape index (κ1) is 25.9. The molecule has 0 radical (unpaired) electrons. The molecule has 1 fully saturated rings. The van der Waals surface area contributed by atoms with Crippen LogP contribution in [0.15, 0.2) is 121 Å². The Kier molecular flexibility index (Phi) is 7.58. The van der Waals surface area contributed by atoms with Gasteiger partial charge in [-0.1, -0.05) is 149 Å². The van der Waals surface area contributed by atoms with E-state index >= 15 is 0 Å². The van der Waals surface area contributed by atoms with Crippen molar-refractivity contribution in [1.29, 1.82) is 0 Å². The first-order valence-electron chi connectivity index (χ1n) is 14.6. The molecular formula is C38H39P. The molecule has 1 saturated carbocycles. The lowest BCUT2D eigenvalue weighted by atomic mass is 9.77. The van der Waals surface area contributed by atoms with Gasteiger partial charge in [-0.15, -0.1) is 7.53 Å². The van der Waals surface area contributed by atoms with Gasteiger partial charge in [-0.3, -0.25) is 0 Å². The van der Waals surface area contributed by atoms with Crippen molar-refractivity contribution in [1.82, 2.24) is 0 Å². The molecule has 0 amide bonds. The van der Waals surface area contributed by atoms with Gasteiger partial charge in [-0.25, -0.2) is 0 Å². The standard InChI is InChI=1S/C38H39P/c1-27(2)33-25-24-28(3)26-34(33)39-37(31-20-12-6-13-21-31)35(29-16-8-4-9-17-29)36(30-18-10-5-11-19-30)38(39)32-22-14-7-15-23-32/h4-23,27-28,33-34H,24-26H2,1-3H3.